The van der Waals surface area contributed by atoms with Crippen LogP contribution < -0.4 is 0 Å². The van der Waals surface area contributed by atoms with E-state index in [0.29, 0.717) is 16.9 Å². The Bertz CT molecular complexity index is 312. The zero-order valence-electron chi connectivity index (χ0n) is 8.40. The number of hydrogen-bond acceptors (Lipinski definition) is 5. The summed E-state index contributed by atoms with van der Waals surface area (Å²) in [5.41, 5.74) is 0.879. The maximum atomic E-state index is 9.02. The first kappa shape index (κ1) is 11.3. The predicted octanol–water partition coefficient (Wildman–Crippen LogP) is 1.40. The average molecular weight is 248 g/mol. The largest absolute Gasteiger partial charge is 0.396 e. The van der Waals surface area contributed by atoms with E-state index in [4.69, 9.17) is 16.7 Å². The number of aliphatic hydroxyl groups is 1. The molecule has 0 radical (unpaired) electrons. The molecule has 0 amide bonds. The van der Waals surface area contributed by atoms with Crippen molar-refractivity contribution in [1.82, 2.24) is 14.5 Å². The summed E-state index contributed by atoms with van der Waals surface area (Å²) in [6, 6.07) is 0. The molecule has 1 aromatic rings. The molecule has 0 aliphatic carbocycles. The van der Waals surface area contributed by atoms with E-state index in [2.05, 4.69) is 14.5 Å². The van der Waals surface area contributed by atoms with Crippen LogP contribution in [0.1, 0.15) is 18.5 Å². The van der Waals surface area contributed by atoms with Crippen molar-refractivity contribution in [2.75, 3.05) is 19.7 Å². The second-order valence-electron chi connectivity index (χ2n) is 3.90. The Morgan fingerprint density at radius 3 is 2.73 bits per heavy atom. The van der Waals surface area contributed by atoms with Gasteiger partial charge in [-0.05, 0) is 31.8 Å². The highest BCUT2D eigenvalue weighted by molar-refractivity contribution is 7.10. The van der Waals surface area contributed by atoms with E-state index in [1.54, 1.807) is 0 Å². The van der Waals surface area contributed by atoms with Crippen LogP contribution in [0, 0.1) is 5.92 Å². The highest BCUT2D eigenvalue weighted by Crippen LogP contribution is 2.22. The molecule has 2 rings (SSSR count). The number of rotatable bonds is 3. The standard InChI is InChI=1S/C9H14ClN3OS/c10-9-8(11-12-15-9)5-13-3-1-7(6-14)2-4-13/h7,14H,1-6H2. The molecule has 0 aromatic carbocycles. The van der Waals surface area contributed by atoms with Gasteiger partial charge in [-0.3, -0.25) is 4.90 Å². The molecule has 0 spiro atoms. The first-order valence-corrected chi connectivity index (χ1v) is 6.24. The van der Waals surface area contributed by atoms with Crippen LogP contribution >= 0.6 is 23.1 Å². The Balaban J connectivity index is 1.85. The summed E-state index contributed by atoms with van der Waals surface area (Å²) in [6.07, 6.45) is 2.12. The number of aliphatic hydroxyl groups excluding tert-OH is 1. The van der Waals surface area contributed by atoms with Gasteiger partial charge < -0.3 is 5.11 Å². The fourth-order valence-electron chi connectivity index (χ4n) is 1.83. The predicted molar refractivity (Wildman–Crippen MR) is 60.0 cm³/mol. The van der Waals surface area contributed by atoms with Gasteiger partial charge in [0.05, 0.1) is 0 Å². The number of nitrogens with zero attached hydrogens (tertiary/aromatic N) is 3. The van der Waals surface area contributed by atoms with Crippen molar-refractivity contribution < 1.29 is 5.11 Å². The lowest BCUT2D eigenvalue weighted by atomic mass is 9.98. The molecule has 0 saturated carbocycles. The van der Waals surface area contributed by atoms with E-state index >= 15 is 0 Å². The van der Waals surface area contributed by atoms with Gasteiger partial charge in [0.25, 0.3) is 0 Å². The van der Waals surface area contributed by atoms with Crippen LogP contribution in [0.4, 0.5) is 0 Å². The first-order chi connectivity index (χ1) is 7.29. The number of likely N-dealkylation sites (tertiary alicyclic amines) is 1. The van der Waals surface area contributed by atoms with E-state index in [9.17, 15) is 0 Å². The maximum absolute atomic E-state index is 9.02. The van der Waals surface area contributed by atoms with Gasteiger partial charge in [0.1, 0.15) is 10.0 Å². The number of hydrogen-bond donors (Lipinski definition) is 1. The fraction of sp³-hybridized carbons (Fsp3) is 0.778. The Morgan fingerprint density at radius 1 is 1.47 bits per heavy atom. The molecule has 1 saturated heterocycles. The van der Waals surface area contributed by atoms with Gasteiger partial charge in [-0.25, -0.2) is 0 Å². The summed E-state index contributed by atoms with van der Waals surface area (Å²) in [7, 11) is 0. The third kappa shape index (κ3) is 2.87. The van der Waals surface area contributed by atoms with E-state index in [-0.39, 0.29) is 0 Å². The molecule has 1 aliphatic heterocycles. The minimum atomic E-state index is 0.312. The third-order valence-electron chi connectivity index (χ3n) is 2.85. The zero-order chi connectivity index (χ0) is 10.7. The monoisotopic (exact) mass is 247 g/mol. The van der Waals surface area contributed by atoms with Crippen LogP contribution in [0.5, 0.6) is 0 Å². The van der Waals surface area contributed by atoms with Crippen molar-refractivity contribution in [1.29, 1.82) is 0 Å². The molecule has 0 unspecified atom stereocenters. The zero-order valence-corrected chi connectivity index (χ0v) is 9.97. The molecule has 0 bridgehead atoms. The van der Waals surface area contributed by atoms with Crippen LogP contribution in [-0.4, -0.2) is 39.3 Å². The molecule has 6 heteroatoms. The molecule has 84 valence electrons. The molecule has 4 nitrogen and oxygen atoms in total. The van der Waals surface area contributed by atoms with Crippen LogP contribution in [0.3, 0.4) is 0 Å². The molecule has 15 heavy (non-hydrogen) atoms. The van der Waals surface area contributed by atoms with Crippen molar-refractivity contribution >= 4 is 23.1 Å². The Labute approximate surface area is 98.0 Å². The average Bonchev–Trinajstić information content (AvgIpc) is 2.66. The van der Waals surface area contributed by atoms with Crippen LogP contribution in [0.25, 0.3) is 0 Å². The van der Waals surface area contributed by atoms with Crippen LogP contribution in [0.15, 0.2) is 0 Å². The maximum Gasteiger partial charge on any atom is 0.138 e. The molecule has 1 fully saturated rings. The molecular weight excluding hydrogens is 234 g/mol. The molecule has 1 aliphatic rings. The first-order valence-electron chi connectivity index (χ1n) is 5.09. The van der Waals surface area contributed by atoms with E-state index < -0.39 is 0 Å². The molecule has 2 heterocycles. The highest BCUT2D eigenvalue weighted by atomic mass is 35.5. The van der Waals surface area contributed by atoms with E-state index in [0.717, 1.165) is 38.2 Å². The summed E-state index contributed by atoms with van der Waals surface area (Å²) < 4.78 is 4.51. The molecule has 1 N–H and O–H groups in total. The highest BCUT2D eigenvalue weighted by Gasteiger charge is 2.20. The fourth-order valence-corrected chi connectivity index (χ4v) is 2.44. The van der Waals surface area contributed by atoms with E-state index in [1.807, 2.05) is 0 Å². The van der Waals surface area contributed by atoms with Crippen LogP contribution in [-0.2, 0) is 6.54 Å². The summed E-state index contributed by atoms with van der Waals surface area (Å²) in [4.78, 5) is 2.31. The summed E-state index contributed by atoms with van der Waals surface area (Å²) in [5.74, 6) is 0.477. The lowest BCUT2D eigenvalue weighted by molar-refractivity contribution is 0.126. The van der Waals surface area contributed by atoms with Gasteiger partial charge in [-0.2, -0.15) is 0 Å². The topological polar surface area (TPSA) is 49.2 Å². The summed E-state index contributed by atoms with van der Waals surface area (Å²) >= 11 is 7.18. The van der Waals surface area contributed by atoms with Crippen molar-refractivity contribution in [3.8, 4) is 0 Å². The van der Waals surface area contributed by atoms with Crippen LogP contribution in [0.2, 0.25) is 4.34 Å². The normalized spacial score (nSPS) is 19.6. The molecule has 0 atom stereocenters. The van der Waals surface area contributed by atoms with Crippen molar-refractivity contribution in [2.45, 2.75) is 19.4 Å². The summed E-state index contributed by atoms with van der Waals surface area (Å²) in [6.45, 7) is 3.12. The minimum absolute atomic E-state index is 0.312. The second kappa shape index (κ2) is 5.21. The Hall–Kier alpha value is -0.230. The smallest absolute Gasteiger partial charge is 0.138 e. The van der Waals surface area contributed by atoms with Gasteiger partial charge >= 0.3 is 0 Å². The van der Waals surface area contributed by atoms with Crippen molar-refractivity contribution in [3.05, 3.63) is 10.0 Å². The Morgan fingerprint density at radius 2 is 2.20 bits per heavy atom. The van der Waals surface area contributed by atoms with Gasteiger partial charge in [-0.1, -0.05) is 16.1 Å². The SMILES string of the molecule is OCC1CCN(Cc2nnsc2Cl)CC1. The number of piperidine rings is 1. The third-order valence-corrected chi connectivity index (χ3v) is 3.83. The summed E-state index contributed by atoms with van der Waals surface area (Å²) in [5, 5.41) is 13.0. The Kier molecular flexibility index (Phi) is 3.91. The lowest BCUT2D eigenvalue weighted by Crippen LogP contribution is -2.34. The molecule has 1 aromatic heterocycles. The van der Waals surface area contributed by atoms with E-state index in [1.165, 1.54) is 11.5 Å². The van der Waals surface area contributed by atoms with Gasteiger partial charge in [0.15, 0.2) is 0 Å². The second-order valence-corrected chi connectivity index (χ2v) is 5.25. The quantitative estimate of drug-likeness (QED) is 0.877. The number of halogens is 1. The van der Waals surface area contributed by atoms with Gasteiger partial charge in [0.2, 0.25) is 0 Å². The van der Waals surface area contributed by atoms with Gasteiger partial charge in [0, 0.05) is 24.7 Å². The lowest BCUT2D eigenvalue weighted by Gasteiger charge is -2.30. The minimum Gasteiger partial charge on any atom is -0.396 e. The van der Waals surface area contributed by atoms with Crippen molar-refractivity contribution in [3.63, 3.8) is 0 Å². The van der Waals surface area contributed by atoms with Gasteiger partial charge in [-0.15, -0.1) is 5.10 Å². The molecular formula is C9H14ClN3OS. The van der Waals surface area contributed by atoms with Crippen molar-refractivity contribution in [2.24, 2.45) is 5.92 Å². The number of aromatic nitrogens is 2.